The van der Waals surface area contributed by atoms with E-state index in [1.165, 1.54) is 12.5 Å². The summed E-state index contributed by atoms with van der Waals surface area (Å²) in [5, 5.41) is 0. The molecule has 0 bridgehead atoms. The molecule has 21 heavy (non-hydrogen) atoms. The molecule has 1 aliphatic heterocycles. The molecular weight excluding hydrogens is 267 g/mol. The van der Waals surface area contributed by atoms with Gasteiger partial charge in [0, 0.05) is 31.7 Å². The lowest BCUT2D eigenvalue weighted by Gasteiger charge is -2.36. The largest absolute Gasteiger partial charge is 0.339 e. The normalized spacial score (nSPS) is 17.0. The van der Waals surface area contributed by atoms with Crippen molar-refractivity contribution in [3.05, 3.63) is 35.1 Å². The lowest BCUT2D eigenvalue weighted by atomic mass is 10.0. The van der Waals surface area contributed by atoms with Crippen LogP contribution in [0, 0.1) is 12.7 Å². The molecule has 0 aliphatic carbocycles. The second-order valence-corrected chi connectivity index (χ2v) is 5.95. The Morgan fingerprint density at radius 3 is 2.62 bits per heavy atom. The van der Waals surface area contributed by atoms with Crippen LogP contribution in [0.2, 0.25) is 0 Å². The highest BCUT2D eigenvalue weighted by Crippen LogP contribution is 2.19. The van der Waals surface area contributed by atoms with E-state index in [9.17, 15) is 9.18 Å². The van der Waals surface area contributed by atoms with Crippen LogP contribution in [0.15, 0.2) is 18.2 Å². The monoisotopic (exact) mass is 292 g/mol. The molecule has 1 aliphatic rings. The van der Waals surface area contributed by atoms with Crippen LogP contribution in [0.5, 0.6) is 0 Å². The highest BCUT2D eigenvalue weighted by molar-refractivity contribution is 5.94. The van der Waals surface area contributed by atoms with Crippen molar-refractivity contribution in [1.29, 1.82) is 0 Å². The van der Waals surface area contributed by atoms with E-state index < -0.39 is 0 Å². The zero-order valence-electron chi connectivity index (χ0n) is 13.2. The summed E-state index contributed by atoms with van der Waals surface area (Å²) < 4.78 is 13.3. The van der Waals surface area contributed by atoms with Crippen LogP contribution >= 0.6 is 0 Å². The third-order valence-electron chi connectivity index (χ3n) is 4.37. The first-order valence-electron chi connectivity index (χ1n) is 7.78. The maximum absolute atomic E-state index is 13.3. The number of hydrogen-bond donors (Lipinski definition) is 0. The first kappa shape index (κ1) is 16.0. The summed E-state index contributed by atoms with van der Waals surface area (Å²) in [5.41, 5.74) is 1.10. The molecule has 0 spiro atoms. The maximum atomic E-state index is 13.3. The van der Waals surface area contributed by atoms with Crippen LogP contribution < -0.4 is 0 Å². The SMILES string of the molecule is CCCN1CCC(N(C)C(=O)c2ccc(F)c(C)c2)CC1. The molecule has 0 aromatic heterocycles. The number of carbonyl (C=O) groups excluding carboxylic acids is 1. The minimum atomic E-state index is -0.262. The molecule has 116 valence electrons. The van der Waals surface area contributed by atoms with E-state index in [4.69, 9.17) is 0 Å². The van der Waals surface area contributed by atoms with Gasteiger partial charge < -0.3 is 9.80 Å². The van der Waals surface area contributed by atoms with Gasteiger partial charge in [-0.1, -0.05) is 6.92 Å². The molecule has 0 saturated carbocycles. The molecule has 1 aromatic carbocycles. The Balaban J connectivity index is 1.98. The lowest BCUT2D eigenvalue weighted by Crippen LogP contribution is -2.45. The van der Waals surface area contributed by atoms with E-state index in [1.54, 1.807) is 19.1 Å². The van der Waals surface area contributed by atoms with Crippen LogP contribution in [0.3, 0.4) is 0 Å². The molecule has 0 atom stereocenters. The predicted molar refractivity (Wildman–Crippen MR) is 83.0 cm³/mol. The molecule has 1 heterocycles. The number of benzene rings is 1. The topological polar surface area (TPSA) is 23.6 Å². The fraction of sp³-hybridized carbons (Fsp3) is 0.588. The van der Waals surface area contributed by atoms with Gasteiger partial charge >= 0.3 is 0 Å². The van der Waals surface area contributed by atoms with Gasteiger partial charge in [-0.15, -0.1) is 0 Å². The number of hydrogen-bond acceptors (Lipinski definition) is 2. The van der Waals surface area contributed by atoms with Gasteiger partial charge in [0.25, 0.3) is 5.91 Å². The van der Waals surface area contributed by atoms with Crippen molar-refractivity contribution >= 4 is 5.91 Å². The average Bonchev–Trinajstić information content (AvgIpc) is 2.50. The van der Waals surface area contributed by atoms with Crippen LogP contribution in [0.25, 0.3) is 0 Å². The zero-order chi connectivity index (χ0) is 15.4. The minimum Gasteiger partial charge on any atom is -0.339 e. The zero-order valence-corrected chi connectivity index (χ0v) is 13.2. The summed E-state index contributed by atoms with van der Waals surface area (Å²) in [6.07, 6.45) is 3.21. The summed E-state index contributed by atoms with van der Waals surface area (Å²) in [6.45, 7) is 7.13. The lowest BCUT2D eigenvalue weighted by molar-refractivity contribution is 0.0642. The van der Waals surface area contributed by atoms with E-state index in [0.29, 0.717) is 11.1 Å². The van der Waals surface area contributed by atoms with Crippen molar-refractivity contribution in [2.24, 2.45) is 0 Å². The smallest absolute Gasteiger partial charge is 0.253 e. The molecule has 1 saturated heterocycles. The number of rotatable bonds is 4. The Kier molecular flexibility index (Phi) is 5.34. The van der Waals surface area contributed by atoms with Crippen molar-refractivity contribution in [3.8, 4) is 0 Å². The number of amides is 1. The molecule has 3 nitrogen and oxygen atoms in total. The summed E-state index contributed by atoms with van der Waals surface area (Å²) >= 11 is 0. The number of piperidine rings is 1. The fourth-order valence-corrected chi connectivity index (χ4v) is 2.99. The molecule has 1 amide bonds. The second-order valence-electron chi connectivity index (χ2n) is 5.95. The maximum Gasteiger partial charge on any atom is 0.253 e. The predicted octanol–water partition coefficient (Wildman–Crippen LogP) is 3.08. The number of aryl methyl sites for hydroxylation is 1. The van der Waals surface area contributed by atoms with Crippen LogP contribution in [0.1, 0.15) is 42.1 Å². The number of likely N-dealkylation sites (tertiary alicyclic amines) is 1. The van der Waals surface area contributed by atoms with Crippen molar-refractivity contribution in [2.45, 2.75) is 39.2 Å². The van der Waals surface area contributed by atoms with Gasteiger partial charge in [-0.2, -0.15) is 0 Å². The van der Waals surface area contributed by atoms with Crippen molar-refractivity contribution in [2.75, 3.05) is 26.7 Å². The first-order chi connectivity index (χ1) is 10.0. The van der Waals surface area contributed by atoms with E-state index in [-0.39, 0.29) is 17.8 Å². The number of nitrogens with zero attached hydrogens (tertiary/aromatic N) is 2. The van der Waals surface area contributed by atoms with E-state index >= 15 is 0 Å². The molecule has 1 aromatic rings. The van der Waals surface area contributed by atoms with Crippen LogP contribution in [-0.2, 0) is 0 Å². The standard InChI is InChI=1S/C17H25FN2O/c1-4-9-20-10-7-15(8-11-20)19(3)17(21)14-5-6-16(18)13(2)12-14/h5-6,12,15H,4,7-11H2,1-3H3. The van der Waals surface area contributed by atoms with Gasteiger partial charge in [0.1, 0.15) is 5.82 Å². The molecular formula is C17H25FN2O. The van der Waals surface area contributed by atoms with Gasteiger partial charge in [0.05, 0.1) is 0 Å². The first-order valence-corrected chi connectivity index (χ1v) is 7.78. The number of halogens is 1. The van der Waals surface area contributed by atoms with Crippen molar-refractivity contribution < 1.29 is 9.18 Å². The third-order valence-corrected chi connectivity index (χ3v) is 4.37. The van der Waals surface area contributed by atoms with Gasteiger partial charge in [-0.25, -0.2) is 4.39 Å². The summed E-state index contributed by atoms with van der Waals surface area (Å²) in [5.74, 6) is -0.269. The van der Waals surface area contributed by atoms with Crippen LogP contribution in [-0.4, -0.2) is 48.4 Å². The highest BCUT2D eigenvalue weighted by atomic mass is 19.1. The highest BCUT2D eigenvalue weighted by Gasteiger charge is 2.25. The van der Waals surface area contributed by atoms with Crippen molar-refractivity contribution in [3.63, 3.8) is 0 Å². The molecule has 1 fully saturated rings. The minimum absolute atomic E-state index is 0.00737. The molecule has 0 radical (unpaired) electrons. The third kappa shape index (κ3) is 3.82. The van der Waals surface area contributed by atoms with E-state index in [2.05, 4.69) is 11.8 Å². The quantitative estimate of drug-likeness (QED) is 0.851. The second kappa shape index (κ2) is 7.03. The van der Waals surface area contributed by atoms with Gasteiger partial charge in [0.15, 0.2) is 0 Å². The van der Waals surface area contributed by atoms with Gasteiger partial charge in [-0.05, 0) is 56.5 Å². The Labute approximate surface area is 126 Å². The van der Waals surface area contributed by atoms with Crippen LogP contribution in [0.4, 0.5) is 4.39 Å². The van der Waals surface area contributed by atoms with E-state index in [0.717, 1.165) is 32.5 Å². The summed E-state index contributed by atoms with van der Waals surface area (Å²) in [4.78, 5) is 16.8. The average molecular weight is 292 g/mol. The molecule has 0 N–H and O–H groups in total. The van der Waals surface area contributed by atoms with E-state index in [1.807, 2.05) is 11.9 Å². The molecule has 4 heteroatoms. The fourth-order valence-electron chi connectivity index (χ4n) is 2.99. The summed E-state index contributed by atoms with van der Waals surface area (Å²) in [6, 6.07) is 4.88. The van der Waals surface area contributed by atoms with Gasteiger partial charge in [-0.3, -0.25) is 4.79 Å². The summed E-state index contributed by atoms with van der Waals surface area (Å²) in [7, 11) is 1.86. The Morgan fingerprint density at radius 1 is 1.38 bits per heavy atom. The molecule has 0 unspecified atom stereocenters. The van der Waals surface area contributed by atoms with Crippen molar-refractivity contribution in [1.82, 2.24) is 9.80 Å². The Hall–Kier alpha value is -1.42. The number of carbonyl (C=O) groups is 1. The Bertz CT molecular complexity index is 496. The van der Waals surface area contributed by atoms with Gasteiger partial charge in [0.2, 0.25) is 0 Å². The molecule has 2 rings (SSSR count). The Morgan fingerprint density at radius 2 is 2.05 bits per heavy atom.